The van der Waals surface area contributed by atoms with Crippen LogP contribution in [0.5, 0.6) is 0 Å². The highest BCUT2D eigenvalue weighted by Crippen LogP contribution is 2.09. The second kappa shape index (κ2) is 8.03. The summed E-state index contributed by atoms with van der Waals surface area (Å²) >= 11 is 0. The smallest absolute Gasteiger partial charge is 0.240 e. The fraction of sp³-hybridized carbons (Fsp3) is 0.235. The molecular formula is C17H19FN2O3S. The van der Waals surface area contributed by atoms with Crippen molar-refractivity contribution in [3.05, 3.63) is 65.5 Å². The first-order valence-electron chi connectivity index (χ1n) is 7.44. The lowest BCUT2D eigenvalue weighted by molar-refractivity contribution is -0.121. The standard InChI is InChI=1S/C17H19FN2O3S/c1-13-2-4-14(5-3-13)12-19-17(21)10-11-20-24(22,23)16-8-6-15(18)7-9-16/h2-9,20H,10-12H2,1H3,(H,19,21). The fourth-order valence-electron chi connectivity index (χ4n) is 1.99. The third kappa shape index (κ3) is 5.43. The number of amides is 1. The lowest BCUT2D eigenvalue weighted by Gasteiger charge is -2.08. The van der Waals surface area contributed by atoms with Crippen LogP contribution < -0.4 is 10.0 Å². The molecule has 2 aromatic carbocycles. The maximum atomic E-state index is 12.8. The van der Waals surface area contributed by atoms with Gasteiger partial charge >= 0.3 is 0 Å². The Morgan fingerprint density at radius 3 is 2.29 bits per heavy atom. The zero-order valence-corrected chi connectivity index (χ0v) is 14.1. The van der Waals surface area contributed by atoms with Crippen LogP contribution in [0.1, 0.15) is 17.5 Å². The van der Waals surface area contributed by atoms with Crippen LogP contribution in [-0.2, 0) is 21.4 Å². The third-order valence-corrected chi connectivity index (χ3v) is 4.86. The molecule has 5 nitrogen and oxygen atoms in total. The summed E-state index contributed by atoms with van der Waals surface area (Å²) in [6.45, 7) is 2.35. The summed E-state index contributed by atoms with van der Waals surface area (Å²) < 4.78 is 39.1. The Kier molecular flexibility index (Phi) is 6.05. The van der Waals surface area contributed by atoms with Gasteiger partial charge in [0.25, 0.3) is 0 Å². The molecule has 2 aromatic rings. The first kappa shape index (κ1) is 18.1. The van der Waals surface area contributed by atoms with Crippen molar-refractivity contribution in [1.82, 2.24) is 10.0 Å². The van der Waals surface area contributed by atoms with Crippen molar-refractivity contribution in [2.75, 3.05) is 6.54 Å². The largest absolute Gasteiger partial charge is 0.352 e. The van der Waals surface area contributed by atoms with Gasteiger partial charge in [0.2, 0.25) is 15.9 Å². The van der Waals surface area contributed by atoms with Crippen LogP contribution in [0.15, 0.2) is 53.4 Å². The predicted octanol–water partition coefficient (Wildman–Crippen LogP) is 2.12. The van der Waals surface area contributed by atoms with E-state index in [1.165, 1.54) is 12.1 Å². The monoisotopic (exact) mass is 350 g/mol. The van der Waals surface area contributed by atoms with E-state index in [0.717, 1.165) is 23.3 Å². The molecule has 1 amide bonds. The second-order valence-corrected chi connectivity index (χ2v) is 7.13. The van der Waals surface area contributed by atoms with E-state index in [1.54, 1.807) is 0 Å². The highest BCUT2D eigenvalue weighted by molar-refractivity contribution is 7.89. The number of carbonyl (C=O) groups is 1. The summed E-state index contributed by atoms with van der Waals surface area (Å²) in [6, 6.07) is 12.3. The van der Waals surface area contributed by atoms with Crippen molar-refractivity contribution in [2.24, 2.45) is 0 Å². The van der Waals surface area contributed by atoms with Crippen LogP contribution in [0.4, 0.5) is 4.39 Å². The van der Waals surface area contributed by atoms with Crippen LogP contribution in [-0.4, -0.2) is 20.9 Å². The molecule has 24 heavy (non-hydrogen) atoms. The number of halogens is 1. The molecule has 0 bridgehead atoms. The first-order chi connectivity index (χ1) is 11.4. The van der Waals surface area contributed by atoms with Crippen molar-refractivity contribution < 1.29 is 17.6 Å². The number of hydrogen-bond donors (Lipinski definition) is 2. The Bertz CT molecular complexity index is 788. The third-order valence-electron chi connectivity index (χ3n) is 3.38. The quantitative estimate of drug-likeness (QED) is 0.803. The number of benzene rings is 2. The van der Waals surface area contributed by atoms with Crippen LogP contribution in [0.3, 0.4) is 0 Å². The fourth-order valence-corrected chi connectivity index (χ4v) is 3.02. The molecule has 0 aliphatic carbocycles. The molecule has 0 unspecified atom stereocenters. The average molecular weight is 350 g/mol. The molecule has 0 aliphatic rings. The molecule has 0 saturated heterocycles. The van der Waals surface area contributed by atoms with E-state index >= 15 is 0 Å². The second-order valence-electron chi connectivity index (χ2n) is 5.36. The Morgan fingerprint density at radius 1 is 1.04 bits per heavy atom. The van der Waals surface area contributed by atoms with E-state index < -0.39 is 15.8 Å². The van der Waals surface area contributed by atoms with Gasteiger partial charge in [0.1, 0.15) is 5.82 Å². The number of hydrogen-bond acceptors (Lipinski definition) is 3. The minimum absolute atomic E-state index is 0.0201. The van der Waals surface area contributed by atoms with E-state index in [2.05, 4.69) is 10.0 Å². The highest BCUT2D eigenvalue weighted by atomic mass is 32.2. The Morgan fingerprint density at radius 2 is 1.67 bits per heavy atom. The summed E-state index contributed by atoms with van der Waals surface area (Å²) in [7, 11) is -3.74. The van der Waals surface area contributed by atoms with Gasteiger partial charge in [0.15, 0.2) is 0 Å². The van der Waals surface area contributed by atoms with Gasteiger partial charge in [-0.15, -0.1) is 0 Å². The van der Waals surface area contributed by atoms with Crippen LogP contribution in [0.2, 0.25) is 0 Å². The Labute approximate surface area is 141 Å². The minimum Gasteiger partial charge on any atom is -0.352 e. The molecule has 0 atom stereocenters. The number of nitrogens with one attached hydrogen (secondary N) is 2. The van der Waals surface area contributed by atoms with Gasteiger partial charge in [-0.05, 0) is 36.8 Å². The van der Waals surface area contributed by atoms with Gasteiger partial charge in [-0.2, -0.15) is 0 Å². The van der Waals surface area contributed by atoms with Crippen molar-refractivity contribution in [3.8, 4) is 0 Å². The number of sulfonamides is 1. The lowest BCUT2D eigenvalue weighted by atomic mass is 10.1. The topological polar surface area (TPSA) is 75.3 Å². The van der Waals surface area contributed by atoms with E-state index in [4.69, 9.17) is 0 Å². The number of rotatable bonds is 7. The van der Waals surface area contributed by atoms with Gasteiger partial charge < -0.3 is 5.32 Å². The summed E-state index contributed by atoms with van der Waals surface area (Å²) in [5, 5.41) is 2.73. The molecule has 7 heteroatoms. The normalized spacial score (nSPS) is 11.2. The van der Waals surface area contributed by atoms with Gasteiger partial charge in [-0.1, -0.05) is 29.8 Å². The van der Waals surface area contributed by atoms with Crippen LogP contribution in [0.25, 0.3) is 0 Å². The maximum absolute atomic E-state index is 12.8. The zero-order chi connectivity index (χ0) is 17.6. The van der Waals surface area contributed by atoms with E-state index in [9.17, 15) is 17.6 Å². The molecule has 2 N–H and O–H groups in total. The molecule has 0 aliphatic heterocycles. The molecular weight excluding hydrogens is 331 g/mol. The Hall–Kier alpha value is -2.25. The minimum atomic E-state index is -3.74. The molecule has 0 aromatic heterocycles. The zero-order valence-electron chi connectivity index (χ0n) is 13.3. The highest BCUT2D eigenvalue weighted by Gasteiger charge is 2.14. The number of aryl methyl sites for hydroxylation is 1. The molecule has 0 radical (unpaired) electrons. The lowest BCUT2D eigenvalue weighted by Crippen LogP contribution is -2.30. The molecule has 0 fully saturated rings. The van der Waals surface area contributed by atoms with E-state index in [1.807, 2.05) is 31.2 Å². The van der Waals surface area contributed by atoms with E-state index in [-0.39, 0.29) is 23.8 Å². The van der Waals surface area contributed by atoms with Crippen molar-refractivity contribution in [1.29, 1.82) is 0 Å². The summed E-state index contributed by atoms with van der Waals surface area (Å²) in [5.41, 5.74) is 2.11. The average Bonchev–Trinajstić information content (AvgIpc) is 2.54. The predicted molar refractivity (Wildman–Crippen MR) is 89.2 cm³/mol. The number of carbonyl (C=O) groups excluding carboxylic acids is 1. The summed E-state index contributed by atoms with van der Waals surface area (Å²) in [6.07, 6.45) is 0.0201. The van der Waals surface area contributed by atoms with Crippen molar-refractivity contribution in [2.45, 2.75) is 24.8 Å². The first-order valence-corrected chi connectivity index (χ1v) is 8.92. The molecule has 0 spiro atoms. The maximum Gasteiger partial charge on any atom is 0.240 e. The molecule has 0 saturated carbocycles. The van der Waals surface area contributed by atoms with Crippen molar-refractivity contribution >= 4 is 15.9 Å². The molecule has 0 heterocycles. The van der Waals surface area contributed by atoms with Gasteiger partial charge in [-0.25, -0.2) is 17.5 Å². The van der Waals surface area contributed by atoms with E-state index in [0.29, 0.717) is 6.54 Å². The summed E-state index contributed by atoms with van der Waals surface area (Å²) in [5.74, 6) is -0.762. The Balaban J connectivity index is 1.77. The molecule has 128 valence electrons. The van der Waals surface area contributed by atoms with Crippen LogP contribution >= 0.6 is 0 Å². The van der Waals surface area contributed by atoms with Gasteiger partial charge in [0, 0.05) is 19.5 Å². The van der Waals surface area contributed by atoms with Crippen molar-refractivity contribution in [3.63, 3.8) is 0 Å². The summed E-state index contributed by atoms with van der Waals surface area (Å²) in [4.78, 5) is 11.7. The molecule has 2 rings (SSSR count). The van der Waals surface area contributed by atoms with Gasteiger partial charge in [0.05, 0.1) is 4.90 Å². The SMILES string of the molecule is Cc1ccc(CNC(=O)CCNS(=O)(=O)c2ccc(F)cc2)cc1. The van der Waals surface area contributed by atoms with Crippen LogP contribution in [0, 0.1) is 12.7 Å². The van der Waals surface area contributed by atoms with Gasteiger partial charge in [-0.3, -0.25) is 4.79 Å².